The Bertz CT molecular complexity index is 838. The van der Waals surface area contributed by atoms with Gasteiger partial charge < -0.3 is 10.2 Å². The monoisotopic (exact) mass is 382 g/mol. The van der Waals surface area contributed by atoms with E-state index in [0.29, 0.717) is 24.2 Å². The molecule has 140 valence electrons. The molecule has 0 spiro atoms. The van der Waals surface area contributed by atoms with Crippen molar-refractivity contribution in [3.05, 3.63) is 77.0 Å². The molecule has 2 aromatic carbocycles. The molecular formula is C22H23ClN2O2. The van der Waals surface area contributed by atoms with Crippen LogP contribution in [0.2, 0.25) is 0 Å². The standard InChI is InChI=1S/C22H23ClN2O2/c1-16-10-12-18(13-11-16)21(26)24-20(19(23)17-8-4-2-5-9-17)22(27)25-14-6-3-7-15-25/h2,4-5,8-13H,3,6-7,14-15H2,1H3,(H,24,26)/b20-19-. The summed E-state index contributed by atoms with van der Waals surface area (Å²) in [7, 11) is 0. The lowest BCUT2D eigenvalue weighted by Gasteiger charge is -2.28. The minimum Gasteiger partial charge on any atom is -0.337 e. The number of benzene rings is 2. The van der Waals surface area contributed by atoms with E-state index in [4.69, 9.17) is 11.6 Å². The Labute approximate surface area is 164 Å². The van der Waals surface area contributed by atoms with E-state index in [1.54, 1.807) is 17.0 Å². The minimum absolute atomic E-state index is 0.135. The molecular weight excluding hydrogens is 360 g/mol. The van der Waals surface area contributed by atoms with E-state index in [2.05, 4.69) is 5.32 Å². The fourth-order valence-corrected chi connectivity index (χ4v) is 3.33. The minimum atomic E-state index is -0.343. The molecule has 1 heterocycles. The van der Waals surface area contributed by atoms with Crippen LogP contribution >= 0.6 is 11.6 Å². The predicted octanol–water partition coefficient (Wildman–Crippen LogP) is 4.34. The second-order valence-corrected chi connectivity index (χ2v) is 7.11. The second-order valence-electron chi connectivity index (χ2n) is 6.73. The predicted molar refractivity (Wildman–Crippen MR) is 108 cm³/mol. The van der Waals surface area contributed by atoms with Crippen LogP contribution in [-0.2, 0) is 4.79 Å². The van der Waals surface area contributed by atoms with Crippen LogP contribution in [0.4, 0.5) is 0 Å². The molecule has 2 amide bonds. The Hall–Kier alpha value is -2.59. The van der Waals surface area contributed by atoms with Gasteiger partial charge in [-0.25, -0.2) is 0 Å². The Kier molecular flexibility index (Phi) is 6.30. The maximum Gasteiger partial charge on any atom is 0.271 e. The van der Waals surface area contributed by atoms with Crippen LogP contribution in [0.1, 0.15) is 40.7 Å². The third-order valence-electron chi connectivity index (χ3n) is 4.66. The van der Waals surface area contributed by atoms with E-state index in [-0.39, 0.29) is 22.5 Å². The molecule has 1 aliphatic rings. The van der Waals surface area contributed by atoms with Crippen molar-refractivity contribution in [3.63, 3.8) is 0 Å². The van der Waals surface area contributed by atoms with Crippen LogP contribution in [0.15, 0.2) is 60.3 Å². The number of carbonyl (C=O) groups excluding carboxylic acids is 2. The van der Waals surface area contributed by atoms with Gasteiger partial charge in [0.2, 0.25) is 0 Å². The van der Waals surface area contributed by atoms with Crippen molar-refractivity contribution in [2.45, 2.75) is 26.2 Å². The molecule has 2 aromatic rings. The third kappa shape index (κ3) is 4.77. The Morgan fingerprint density at radius 1 is 0.889 bits per heavy atom. The first-order valence-electron chi connectivity index (χ1n) is 9.19. The van der Waals surface area contributed by atoms with Crippen molar-refractivity contribution in [3.8, 4) is 0 Å². The lowest BCUT2D eigenvalue weighted by molar-refractivity contribution is -0.128. The fourth-order valence-electron chi connectivity index (χ4n) is 3.08. The molecule has 1 N–H and O–H groups in total. The molecule has 0 unspecified atom stereocenters. The van der Waals surface area contributed by atoms with Crippen molar-refractivity contribution < 1.29 is 9.59 Å². The maximum absolute atomic E-state index is 13.1. The third-order valence-corrected chi connectivity index (χ3v) is 5.06. The summed E-state index contributed by atoms with van der Waals surface area (Å²) in [5, 5.41) is 3.02. The maximum atomic E-state index is 13.1. The molecule has 0 aliphatic carbocycles. The number of rotatable bonds is 4. The molecule has 0 radical (unpaired) electrons. The first-order valence-corrected chi connectivity index (χ1v) is 9.56. The molecule has 1 aliphatic heterocycles. The highest BCUT2D eigenvalue weighted by Gasteiger charge is 2.25. The van der Waals surface area contributed by atoms with Crippen LogP contribution in [0, 0.1) is 6.92 Å². The van der Waals surface area contributed by atoms with Crippen LogP contribution in [0.5, 0.6) is 0 Å². The highest BCUT2D eigenvalue weighted by molar-refractivity contribution is 6.51. The summed E-state index contributed by atoms with van der Waals surface area (Å²) in [4.78, 5) is 27.6. The number of hydrogen-bond donors (Lipinski definition) is 1. The summed E-state index contributed by atoms with van der Waals surface area (Å²) in [5.41, 5.74) is 2.38. The van der Waals surface area contributed by atoms with Gasteiger partial charge in [0.1, 0.15) is 5.70 Å². The van der Waals surface area contributed by atoms with E-state index < -0.39 is 0 Å². The van der Waals surface area contributed by atoms with Gasteiger partial charge in [-0.05, 0) is 43.9 Å². The number of amides is 2. The van der Waals surface area contributed by atoms with Gasteiger partial charge in [-0.15, -0.1) is 0 Å². The molecule has 5 heteroatoms. The molecule has 4 nitrogen and oxygen atoms in total. The normalized spacial score (nSPS) is 15.1. The number of nitrogens with one attached hydrogen (secondary N) is 1. The molecule has 1 saturated heterocycles. The van der Waals surface area contributed by atoms with Gasteiger partial charge in [0.25, 0.3) is 11.8 Å². The van der Waals surface area contributed by atoms with Crippen LogP contribution in [0.25, 0.3) is 5.03 Å². The molecule has 0 atom stereocenters. The zero-order valence-corrected chi connectivity index (χ0v) is 16.1. The lowest BCUT2D eigenvalue weighted by atomic mass is 10.1. The van der Waals surface area contributed by atoms with Crippen molar-refractivity contribution >= 4 is 28.4 Å². The Morgan fingerprint density at radius 3 is 2.15 bits per heavy atom. The number of aryl methyl sites for hydroxylation is 1. The SMILES string of the molecule is Cc1ccc(C(=O)N/C(C(=O)N2CCCCC2)=C(\Cl)c2ccccc2)cc1. The van der Waals surface area contributed by atoms with Gasteiger partial charge in [-0.3, -0.25) is 9.59 Å². The van der Waals surface area contributed by atoms with Gasteiger partial charge in [0, 0.05) is 18.7 Å². The molecule has 3 rings (SSSR count). The van der Waals surface area contributed by atoms with Gasteiger partial charge in [0.15, 0.2) is 0 Å². The summed E-state index contributed by atoms with van der Waals surface area (Å²) in [6.07, 6.45) is 3.05. The smallest absolute Gasteiger partial charge is 0.271 e. The van der Waals surface area contributed by atoms with Crippen LogP contribution < -0.4 is 5.32 Å². The number of likely N-dealkylation sites (tertiary alicyclic amines) is 1. The number of halogens is 1. The summed E-state index contributed by atoms with van der Waals surface area (Å²) in [6, 6.07) is 16.4. The summed E-state index contributed by atoms with van der Waals surface area (Å²) < 4.78 is 0. The van der Waals surface area contributed by atoms with E-state index in [9.17, 15) is 9.59 Å². The zero-order valence-electron chi connectivity index (χ0n) is 15.4. The van der Waals surface area contributed by atoms with Crippen molar-refractivity contribution in [2.75, 3.05) is 13.1 Å². The van der Waals surface area contributed by atoms with Crippen LogP contribution in [0.3, 0.4) is 0 Å². The largest absolute Gasteiger partial charge is 0.337 e. The molecule has 0 saturated carbocycles. The Morgan fingerprint density at radius 2 is 1.52 bits per heavy atom. The molecule has 27 heavy (non-hydrogen) atoms. The molecule has 1 fully saturated rings. The van der Waals surface area contributed by atoms with E-state index in [0.717, 1.165) is 24.8 Å². The fraction of sp³-hybridized carbons (Fsp3) is 0.273. The van der Waals surface area contributed by atoms with Crippen LogP contribution in [-0.4, -0.2) is 29.8 Å². The number of carbonyl (C=O) groups is 2. The average Bonchev–Trinajstić information content (AvgIpc) is 2.72. The molecule has 0 bridgehead atoms. The highest BCUT2D eigenvalue weighted by atomic mass is 35.5. The lowest BCUT2D eigenvalue weighted by Crippen LogP contribution is -2.41. The second kappa shape index (κ2) is 8.87. The van der Waals surface area contributed by atoms with Crippen molar-refractivity contribution in [1.29, 1.82) is 0 Å². The first-order chi connectivity index (χ1) is 13.1. The summed E-state index contributed by atoms with van der Waals surface area (Å²) in [6.45, 7) is 3.32. The van der Waals surface area contributed by atoms with E-state index >= 15 is 0 Å². The van der Waals surface area contributed by atoms with Crippen molar-refractivity contribution in [2.24, 2.45) is 0 Å². The van der Waals surface area contributed by atoms with Gasteiger partial charge in [-0.2, -0.15) is 0 Å². The summed E-state index contributed by atoms with van der Waals surface area (Å²) in [5.74, 6) is -0.576. The average molecular weight is 383 g/mol. The summed E-state index contributed by atoms with van der Waals surface area (Å²) >= 11 is 6.56. The van der Waals surface area contributed by atoms with Gasteiger partial charge in [0.05, 0.1) is 5.03 Å². The quantitative estimate of drug-likeness (QED) is 0.799. The first kappa shape index (κ1) is 19.2. The topological polar surface area (TPSA) is 49.4 Å². The van der Waals surface area contributed by atoms with Gasteiger partial charge >= 0.3 is 0 Å². The van der Waals surface area contributed by atoms with E-state index in [1.165, 1.54) is 0 Å². The number of hydrogen-bond acceptors (Lipinski definition) is 2. The number of nitrogens with zero attached hydrogens (tertiary/aromatic N) is 1. The molecule has 0 aromatic heterocycles. The number of piperidine rings is 1. The van der Waals surface area contributed by atoms with Crippen molar-refractivity contribution in [1.82, 2.24) is 10.2 Å². The Balaban J connectivity index is 1.93. The van der Waals surface area contributed by atoms with E-state index in [1.807, 2.05) is 49.4 Å². The van der Waals surface area contributed by atoms with Gasteiger partial charge in [-0.1, -0.05) is 59.6 Å². The highest BCUT2D eigenvalue weighted by Crippen LogP contribution is 2.24. The zero-order chi connectivity index (χ0) is 19.2.